The molecule has 1 fully saturated rings. The second-order valence-electron chi connectivity index (χ2n) is 7.95. The maximum Gasteiger partial charge on any atom is 0.233 e. The van der Waals surface area contributed by atoms with Crippen LogP contribution in [0.4, 0.5) is 0 Å². The first kappa shape index (κ1) is 21.6. The fraction of sp³-hybridized carbons (Fsp3) is 0.375. The molecule has 1 amide bonds. The van der Waals surface area contributed by atoms with Gasteiger partial charge in [-0.15, -0.1) is 10.2 Å². The van der Waals surface area contributed by atoms with Gasteiger partial charge in [0, 0.05) is 13.0 Å². The molecule has 0 spiro atoms. The Morgan fingerprint density at radius 3 is 2.88 bits per heavy atom. The van der Waals surface area contributed by atoms with Gasteiger partial charge in [0.15, 0.2) is 16.7 Å². The van der Waals surface area contributed by atoms with Crippen LogP contribution in [-0.2, 0) is 4.79 Å². The Morgan fingerprint density at radius 1 is 1.15 bits per heavy atom. The van der Waals surface area contributed by atoms with Gasteiger partial charge < -0.3 is 19.1 Å². The van der Waals surface area contributed by atoms with Gasteiger partial charge >= 0.3 is 0 Å². The normalized spacial score (nSPS) is 17.6. The number of amides is 1. The van der Waals surface area contributed by atoms with Gasteiger partial charge in [0.25, 0.3) is 0 Å². The molecule has 1 unspecified atom stereocenters. The van der Waals surface area contributed by atoms with E-state index in [1.54, 1.807) is 13.4 Å². The Morgan fingerprint density at radius 2 is 2.00 bits per heavy atom. The summed E-state index contributed by atoms with van der Waals surface area (Å²) >= 11 is 1.38. The molecular weight excluding hydrogens is 440 g/mol. The van der Waals surface area contributed by atoms with Gasteiger partial charge in [-0.3, -0.25) is 9.36 Å². The van der Waals surface area contributed by atoms with E-state index in [2.05, 4.69) is 16.3 Å². The lowest BCUT2D eigenvalue weighted by atomic mass is 10.0. The Kier molecular flexibility index (Phi) is 6.39. The van der Waals surface area contributed by atoms with Crippen LogP contribution in [-0.4, -0.2) is 58.2 Å². The third kappa shape index (κ3) is 4.50. The van der Waals surface area contributed by atoms with E-state index in [-0.39, 0.29) is 17.7 Å². The van der Waals surface area contributed by atoms with Gasteiger partial charge in [0.1, 0.15) is 12.1 Å². The lowest BCUT2D eigenvalue weighted by Gasteiger charge is -2.25. The van der Waals surface area contributed by atoms with Crippen molar-refractivity contribution < 1.29 is 19.0 Å². The van der Waals surface area contributed by atoms with Crippen LogP contribution in [0.2, 0.25) is 0 Å². The smallest absolute Gasteiger partial charge is 0.233 e. The molecule has 1 atom stereocenters. The van der Waals surface area contributed by atoms with E-state index in [0.717, 1.165) is 54.3 Å². The fourth-order valence-electron chi connectivity index (χ4n) is 4.32. The van der Waals surface area contributed by atoms with Crippen LogP contribution < -0.4 is 14.2 Å². The molecule has 0 aliphatic carbocycles. The Balaban J connectivity index is 1.29. The molecule has 1 saturated heterocycles. The number of carbonyl (C=O) groups excluding carboxylic acids is 1. The van der Waals surface area contributed by atoms with Gasteiger partial charge in [-0.25, -0.2) is 0 Å². The Hall–Kier alpha value is -3.20. The van der Waals surface area contributed by atoms with E-state index in [9.17, 15) is 4.79 Å². The molecule has 2 aliphatic heterocycles. The van der Waals surface area contributed by atoms with E-state index in [4.69, 9.17) is 14.2 Å². The van der Waals surface area contributed by atoms with Crippen LogP contribution in [0.15, 0.2) is 53.9 Å². The minimum absolute atomic E-state index is 0.0438. The van der Waals surface area contributed by atoms with Gasteiger partial charge in [0.2, 0.25) is 5.91 Å². The Bertz CT molecular complexity index is 1140. The molecule has 0 bridgehead atoms. The van der Waals surface area contributed by atoms with E-state index >= 15 is 0 Å². The first-order valence-corrected chi connectivity index (χ1v) is 12.1. The number of para-hydroxylation sites is 2. The van der Waals surface area contributed by atoms with E-state index in [1.165, 1.54) is 11.8 Å². The van der Waals surface area contributed by atoms with Crippen molar-refractivity contribution in [2.45, 2.75) is 30.5 Å². The van der Waals surface area contributed by atoms with Crippen LogP contribution >= 0.6 is 11.8 Å². The number of rotatable bonds is 6. The van der Waals surface area contributed by atoms with Crippen molar-refractivity contribution in [3.63, 3.8) is 0 Å². The topological polar surface area (TPSA) is 78.7 Å². The SMILES string of the molecule is COc1ccccc1-n1cnnc1SCC(=O)N1CCCC1c1ccc2c(c1)OCCCO2. The van der Waals surface area contributed by atoms with E-state index in [1.807, 2.05) is 45.9 Å². The van der Waals surface area contributed by atoms with Crippen LogP contribution in [0, 0.1) is 0 Å². The van der Waals surface area contributed by atoms with Crippen molar-refractivity contribution in [2.24, 2.45) is 0 Å². The predicted molar refractivity (Wildman–Crippen MR) is 124 cm³/mol. The zero-order valence-electron chi connectivity index (χ0n) is 18.5. The van der Waals surface area contributed by atoms with Crippen molar-refractivity contribution >= 4 is 17.7 Å². The van der Waals surface area contributed by atoms with Crippen molar-refractivity contribution in [3.05, 3.63) is 54.4 Å². The van der Waals surface area contributed by atoms with Crippen LogP contribution in [0.3, 0.4) is 0 Å². The second-order valence-corrected chi connectivity index (χ2v) is 8.89. The Labute approximate surface area is 196 Å². The molecule has 2 aromatic carbocycles. The average Bonchev–Trinajstić information content (AvgIpc) is 3.47. The summed E-state index contributed by atoms with van der Waals surface area (Å²) in [6.07, 6.45) is 4.43. The first-order chi connectivity index (χ1) is 16.2. The minimum atomic E-state index is 0.0438. The zero-order valence-corrected chi connectivity index (χ0v) is 19.3. The summed E-state index contributed by atoms with van der Waals surface area (Å²) in [4.78, 5) is 15.2. The highest BCUT2D eigenvalue weighted by Gasteiger charge is 2.31. The average molecular weight is 467 g/mol. The number of ether oxygens (including phenoxy) is 3. The van der Waals surface area contributed by atoms with E-state index < -0.39 is 0 Å². The lowest BCUT2D eigenvalue weighted by Crippen LogP contribution is -2.32. The molecule has 8 nitrogen and oxygen atoms in total. The van der Waals surface area contributed by atoms with Crippen molar-refractivity contribution in [3.8, 4) is 22.9 Å². The summed E-state index contributed by atoms with van der Waals surface area (Å²) in [5, 5.41) is 8.92. The summed E-state index contributed by atoms with van der Waals surface area (Å²) < 4.78 is 18.9. The molecule has 0 saturated carbocycles. The maximum absolute atomic E-state index is 13.2. The number of methoxy groups -OCH3 is 1. The molecule has 3 heterocycles. The molecule has 1 aromatic heterocycles. The first-order valence-electron chi connectivity index (χ1n) is 11.1. The van der Waals surface area contributed by atoms with E-state index in [0.29, 0.717) is 18.4 Å². The lowest BCUT2D eigenvalue weighted by molar-refractivity contribution is -0.129. The predicted octanol–water partition coefficient (Wildman–Crippen LogP) is 3.89. The number of hydrogen-bond donors (Lipinski definition) is 0. The minimum Gasteiger partial charge on any atom is -0.495 e. The monoisotopic (exact) mass is 466 g/mol. The standard InChI is InChI=1S/C24H26N4O4S/c1-30-20-8-3-2-6-19(20)28-16-25-26-24(28)33-15-23(29)27-11-4-7-18(27)17-9-10-21-22(14-17)32-13-5-12-31-21/h2-3,6,8-10,14,16,18H,4-5,7,11-13,15H2,1H3. The number of benzene rings is 2. The number of likely N-dealkylation sites (tertiary alicyclic amines) is 1. The molecule has 3 aromatic rings. The van der Waals surface area contributed by atoms with Crippen molar-refractivity contribution in [2.75, 3.05) is 32.6 Å². The highest BCUT2D eigenvalue weighted by atomic mass is 32.2. The second kappa shape index (κ2) is 9.74. The largest absolute Gasteiger partial charge is 0.495 e. The molecule has 0 N–H and O–H groups in total. The molecular formula is C24H26N4O4S. The zero-order chi connectivity index (χ0) is 22.6. The molecule has 5 rings (SSSR count). The van der Waals surface area contributed by atoms with Crippen molar-refractivity contribution in [1.29, 1.82) is 0 Å². The summed E-state index contributed by atoms with van der Waals surface area (Å²) in [5.41, 5.74) is 1.93. The van der Waals surface area contributed by atoms with Gasteiger partial charge in [-0.05, 0) is 42.7 Å². The van der Waals surface area contributed by atoms with Gasteiger partial charge in [0.05, 0.1) is 37.8 Å². The third-order valence-corrected chi connectivity index (χ3v) is 6.84. The summed E-state index contributed by atoms with van der Waals surface area (Å²) in [7, 11) is 1.63. The molecule has 0 radical (unpaired) electrons. The van der Waals surface area contributed by atoms with Crippen LogP contribution in [0.5, 0.6) is 17.2 Å². The number of aromatic nitrogens is 3. The summed E-state index contributed by atoms with van der Waals surface area (Å²) in [6, 6.07) is 13.8. The van der Waals surface area contributed by atoms with Gasteiger partial charge in [-0.1, -0.05) is 30.0 Å². The number of carbonyl (C=O) groups is 1. The van der Waals surface area contributed by atoms with Crippen LogP contribution in [0.25, 0.3) is 5.69 Å². The summed E-state index contributed by atoms with van der Waals surface area (Å²) in [5.74, 6) is 2.64. The highest BCUT2D eigenvalue weighted by molar-refractivity contribution is 7.99. The highest BCUT2D eigenvalue weighted by Crippen LogP contribution is 2.38. The number of hydrogen-bond acceptors (Lipinski definition) is 7. The van der Waals surface area contributed by atoms with Crippen molar-refractivity contribution in [1.82, 2.24) is 19.7 Å². The van der Waals surface area contributed by atoms with Gasteiger partial charge in [-0.2, -0.15) is 0 Å². The molecule has 33 heavy (non-hydrogen) atoms. The number of nitrogens with zero attached hydrogens (tertiary/aromatic N) is 4. The quantitative estimate of drug-likeness (QED) is 0.510. The number of thioether (sulfide) groups is 1. The third-order valence-electron chi connectivity index (χ3n) is 5.92. The maximum atomic E-state index is 13.2. The molecule has 2 aliphatic rings. The number of fused-ring (bicyclic) bond motifs is 1. The molecule has 9 heteroatoms. The van der Waals surface area contributed by atoms with Crippen LogP contribution in [0.1, 0.15) is 30.9 Å². The fourth-order valence-corrected chi connectivity index (χ4v) is 5.13. The summed E-state index contributed by atoms with van der Waals surface area (Å²) in [6.45, 7) is 2.06. The molecule has 172 valence electrons.